The van der Waals surface area contributed by atoms with Crippen LogP contribution >= 0.6 is 0 Å². The van der Waals surface area contributed by atoms with Crippen LogP contribution in [0, 0.1) is 10.3 Å². The van der Waals surface area contributed by atoms with Gasteiger partial charge in [-0.2, -0.15) is 0 Å². The van der Waals surface area contributed by atoms with Gasteiger partial charge in [0.2, 0.25) is 11.9 Å². The van der Waals surface area contributed by atoms with E-state index in [1.165, 1.54) is 13.8 Å². The van der Waals surface area contributed by atoms with Crippen molar-refractivity contribution in [2.45, 2.75) is 26.0 Å². The smallest absolute Gasteiger partial charge is 0.334 e. The lowest BCUT2D eigenvalue weighted by molar-refractivity contribution is -0.139. The van der Waals surface area contributed by atoms with Gasteiger partial charge in [-0.1, -0.05) is 19.0 Å². The van der Waals surface area contributed by atoms with Crippen LogP contribution in [-0.2, 0) is 9.59 Å². The van der Waals surface area contributed by atoms with E-state index in [9.17, 15) is 19.6 Å². The molecule has 0 aromatic heterocycles. The molecule has 0 aliphatic carbocycles. The molecule has 0 rings (SSSR count). The van der Waals surface area contributed by atoms with Gasteiger partial charge in [0.25, 0.3) is 0 Å². The molecular weight excluding hydrogens is 232 g/mol. The molecule has 1 amide bonds. The van der Waals surface area contributed by atoms with Gasteiger partial charge in [-0.3, -0.25) is 4.79 Å². The fourth-order valence-electron chi connectivity index (χ4n) is 0.905. The minimum atomic E-state index is -1.59. The molecule has 0 aromatic rings. The zero-order valence-corrected chi connectivity index (χ0v) is 9.58. The van der Waals surface area contributed by atoms with Crippen molar-refractivity contribution in [1.29, 1.82) is 0 Å². The minimum Gasteiger partial charge on any atom is -0.480 e. The second-order valence-corrected chi connectivity index (χ2v) is 4.25. The van der Waals surface area contributed by atoms with Crippen LogP contribution in [0.2, 0.25) is 0 Å². The highest BCUT2D eigenvalue weighted by atomic mass is 16.4. The van der Waals surface area contributed by atoms with Crippen molar-refractivity contribution in [3.63, 3.8) is 0 Å². The highest BCUT2D eigenvalue weighted by molar-refractivity contribution is 5.82. The summed E-state index contributed by atoms with van der Waals surface area (Å²) in [6.45, 7) is 2.00. The summed E-state index contributed by atoms with van der Waals surface area (Å²) in [4.78, 5) is 31.9. The number of aliphatic hydroxyl groups is 2. The number of carbonyl (C=O) groups excluding carboxylic acids is 1. The Balaban J connectivity index is 4.37. The highest BCUT2D eigenvalue weighted by Crippen LogP contribution is 2.19. The first-order valence-electron chi connectivity index (χ1n) is 4.88. The van der Waals surface area contributed by atoms with Gasteiger partial charge in [0.15, 0.2) is 0 Å². The number of aliphatic hydroxyl groups excluding tert-OH is 2. The molecule has 0 fully saturated rings. The highest BCUT2D eigenvalue weighted by Gasteiger charge is 2.33. The molecule has 0 spiro atoms. The maximum atomic E-state index is 11.4. The third-order valence-corrected chi connectivity index (χ3v) is 2.28. The van der Waals surface area contributed by atoms with E-state index in [-0.39, 0.29) is 0 Å². The van der Waals surface area contributed by atoms with Gasteiger partial charge in [0.05, 0.1) is 13.2 Å². The first-order chi connectivity index (χ1) is 7.76. The zero-order valence-electron chi connectivity index (χ0n) is 9.58. The summed E-state index contributed by atoms with van der Waals surface area (Å²) in [6.07, 6.45) is -1.51. The second kappa shape index (κ2) is 6.26. The van der Waals surface area contributed by atoms with Crippen molar-refractivity contribution in [3.05, 3.63) is 4.91 Å². The van der Waals surface area contributed by atoms with Crippen molar-refractivity contribution >= 4 is 11.9 Å². The van der Waals surface area contributed by atoms with Crippen LogP contribution in [0.1, 0.15) is 13.8 Å². The number of aliphatic carboxylic acids is 1. The minimum absolute atomic E-state index is 0.421. The number of amides is 1. The third kappa shape index (κ3) is 4.45. The molecule has 8 nitrogen and oxygen atoms in total. The summed E-state index contributed by atoms with van der Waals surface area (Å²) < 4.78 is 0. The van der Waals surface area contributed by atoms with Crippen LogP contribution in [-0.4, -0.2) is 52.5 Å². The predicted molar refractivity (Wildman–Crippen MR) is 57.1 cm³/mol. The molecule has 0 heterocycles. The second-order valence-electron chi connectivity index (χ2n) is 4.25. The lowest BCUT2D eigenvalue weighted by Gasteiger charge is -2.27. The van der Waals surface area contributed by atoms with E-state index >= 15 is 0 Å². The van der Waals surface area contributed by atoms with E-state index < -0.39 is 42.6 Å². The number of rotatable bonds is 7. The van der Waals surface area contributed by atoms with Gasteiger partial charge < -0.3 is 20.6 Å². The Labute approximate surface area is 97.6 Å². The number of hydrogen-bond acceptors (Lipinski definition) is 6. The Bertz CT molecular complexity index is 304. The normalized spacial score (nSPS) is 14.8. The van der Waals surface area contributed by atoms with E-state index in [4.69, 9.17) is 10.2 Å². The molecule has 8 heteroatoms. The quantitative estimate of drug-likeness (QED) is 0.413. The number of carbonyl (C=O) groups is 2. The van der Waals surface area contributed by atoms with Gasteiger partial charge in [-0.05, 0) is 0 Å². The van der Waals surface area contributed by atoms with Gasteiger partial charge in [-0.25, -0.2) is 4.79 Å². The van der Waals surface area contributed by atoms with Crippen LogP contribution in [0.25, 0.3) is 0 Å². The Kier molecular flexibility index (Phi) is 5.69. The third-order valence-electron chi connectivity index (χ3n) is 2.28. The average Bonchev–Trinajstić information content (AvgIpc) is 2.28. The standard InChI is InChI=1S/C9H16N2O6/c1-9(2,4-12)6(13)7(14)10-3-5(11-17)8(15)16/h5-6,12-13H,3-4H2,1-2H3,(H,10,14)(H,15,16)/t5?,6-/m0/s1. The molecule has 17 heavy (non-hydrogen) atoms. The average molecular weight is 248 g/mol. The Morgan fingerprint density at radius 3 is 2.29 bits per heavy atom. The number of nitroso groups, excluding NO2 is 1. The number of hydrogen-bond donors (Lipinski definition) is 4. The Hall–Kier alpha value is -1.54. The maximum absolute atomic E-state index is 11.4. The first kappa shape index (κ1) is 15.5. The van der Waals surface area contributed by atoms with Gasteiger partial charge in [0.1, 0.15) is 6.10 Å². The Morgan fingerprint density at radius 1 is 1.41 bits per heavy atom. The monoisotopic (exact) mass is 248 g/mol. The summed E-state index contributed by atoms with van der Waals surface area (Å²) >= 11 is 0. The summed E-state index contributed by atoms with van der Waals surface area (Å²) in [5.74, 6) is -2.32. The molecule has 0 aliphatic rings. The lowest BCUT2D eigenvalue weighted by Crippen LogP contribution is -2.47. The molecule has 0 radical (unpaired) electrons. The summed E-state index contributed by atoms with van der Waals surface area (Å²) in [5, 5.41) is 31.3. The number of carboxylic acid groups (broad SMARTS) is 1. The zero-order chi connectivity index (χ0) is 13.6. The first-order valence-corrected chi connectivity index (χ1v) is 4.88. The van der Waals surface area contributed by atoms with Crippen molar-refractivity contribution in [3.8, 4) is 0 Å². The van der Waals surface area contributed by atoms with E-state index in [2.05, 4.69) is 10.5 Å². The molecule has 1 unspecified atom stereocenters. The van der Waals surface area contributed by atoms with Crippen molar-refractivity contribution in [2.75, 3.05) is 13.2 Å². The van der Waals surface area contributed by atoms with Crippen molar-refractivity contribution in [2.24, 2.45) is 10.6 Å². The molecule has 0 aliphatic heterocycles. The van der Waals surface area contributed by atoms with E-state index in [1.807, 2.05) is 0 Å². The lowest BCUT2D eigenvalue weighted by atomic mass is 9.87. The number of carboxylic acids is 1. The van der Waals surface area contributed by atoms with Crippen LogP contribution in [0.15, 0.2) is 5.18 Å². The molecule has 0 saturated carbocycles. The van der Waals surface area contributed by atoms with E-state index in [0.29, 0.717) is 0 Å². The molecule has 0 bridgehead atoms. The fraction of sp³-hybridized carbons (Fsp3) is 0.778. The largest absolute Gasteiger partial charge is 0.480 e. The van der Waals surface area contributed by atoms with Gasteiger partial charge >= 0.3 is 5.97 Å². The SMILES string of the molecule is CC(C)(CO)[C@@H](O)C(=O)NCC(N=O)C(=O)O. The molecule has 98 valence electrons. The molecule has 2 atom stereocenters. The topological polar surface area (TPSA) is 136 Å². The van der Waals surface area contributed by atoms with E-state index in [1.54, 1.807) is 0 Å². The molecule has 4 N–H and O–H groups in total. The van der Waals surface area contributed by atoms with Crippen LogP contribution in [0.4, 0.5) is 0 Å². The molecule has 0 saturated heterocycles. The summed E-state index contributed by atoms with van der Waals surface area (Å²) in [6, 6.07) is -1.59. The van der Waals surface area contributed by atoms with Crippen molar-refractivity contribution < 1.29 is 24.9 Å². The summed E-state index contributed by atoms with van der Waals surface area (Å²) in [5.41, 5.74) is -1.06. The Morgan fingerprint density at radius 2 is 1.94 bits per heavy atom. The van der Waals surface area contributed by atoms with Crippen molar-refractivity contribution in [1.82, 2.24) is 5.32 Å². The molecular formula is C9H16N2O6. The fourth-order valence-corrected chi connectivity index (χ4v) is 0.905. The van der Waals surface area contributed by atoms with Crippen LogP contribution in [0.5, 0.6) is 0 Å². The maximum Gasteiger partial charge on any atom is 0.334 e. The summed E-state index contributed by atoms with van der Waals surface area (Å²) in [7, 11) is 0. The number of nitrogens with one attached hydrogen (secondary N) is 1. The van der Waals surface area contributed by atoms with E-state index in [0.717, 1.165) is 0 Å². The predicted octanol–water partition coefficient (Wildman–Crippen LogP) is -1.30. The van der Waals surface area contributed by atoms with Gasteiger partial charge in [-0.15, -0.1) is 4.91 Å². The van der Waals surface area contributed by atoms with Crippen LogP contribution in [0.3, 0.4) is 0 Å². The number of nitrogens with zero attached hydrogens (tertiary/aromatic N) is 1. The molecule has 0 aromatic carbocycles. The van der Waals surface area contributed by atoms with Crippen LogP contribution < -0.4 is 5.32 Å². The van der Waals surface area contributed by atoms with Gasteiger partial charge in [0, 0.05) is 5.41 Å².